The summed E-state index contributed by atoms with van der Waals surface area (Å²) < 4.78 is 21.4. The highest BCUT2D eigenvalue weighted by Gasteiger charge is 2.16. The molecule has 1 unspecified atom stereocenters. The van der Waals surface area contributed by atoms with Crippen molar-refractivity contribution >= 4 is 15.8 Å². The lowest BCUT2D eigenvalue weighted by molar-refractivity contribution is -0.141. The molecule has 0 fully saturated rings. The first-order chi connectivity index (χ1) is 5.37. The van der Waals surface area contributed by atoms with Crippen molar-refractivity contribution in [1.29, 1.82) is 0 Å². The molecule has 0 aliphatic heterocycles. The van der Waals surface area contributed by atoms with Crippen molar-refractivity contribution in [3.8, 4) is 0 Å². The first-order valence-corrected chi connectivity index (χ1v) is 5.83. The molecule has 0 aromatic carbocycles. The zero-order valence-corrected chi connectivity index (χ0v) is 8.10. The predicted octanol–water partition coefficient (Wildman–Crippen LogP) is 0.532. The Morgan fingerprint density at radius 1 is 1.50 bits per heavy atom. The minimum atomic E-state index is -3.03. The van der Waals surface area contributed by atoms with E-state index in [0.717, 1.165) is 6.26 Å². The Balaban J connectivity index is 3.98. The van der Waals surface area contributed by atoms with E-state index in [1.807, 2.05) is 0 Å². The lowest BCUT2D eigenvalue weighted by atomic mass is 10.0. The summed E-state index contributed by atoms with van der Waals surface area (Å²) in [6, 6.07) is 0. The van der Waals surface area contributed by atoms with Crippen LogP contribution >= 0.6 is 0 Å². The predicted molar refractivity (Wildman–Crippen MR) is 45.7 cm³/mol. The van der Waals surface area contributed by atoms with Crippen molar-refractivity contribution in [2.75, 3.05) is 12.0 Å². The first-order valence-electron chi connectivity index (χ1n) is 3.77. The van der Waals surface area contributed by atoms with Crippen molar-refractivity contribution < 1.29 is 18.3 Å². The van der Waals surface area contributed by atoms with Gasteiger partial charge < -0.3 is 5.11 Å². The second-order valence-electron chi connectivity index (χ2n) is 2.86. The molecular weight excluding hydrogens is 180 g/mol. The van der Waals surface area contributed by atoms with Gasteiger partial charge in [-0.05, 0) is 12.8 Å². The number of rotatable bonds is 5. The highest BCUT2D eigenvalue weighted by atomic mass is 32.2. The molecule has 5 heteroatoms. The van der Waals surface area contributed by atoms with Crippen molar-refractivity contribution in [2.24, 2.45) is 5.92 Å². The lowest BCUT2D eigenvalue weighted by Gasteiger charge is -2.07. The van der Waals surface area contributed by atoms with Crippen molar-refractivity contribution in [3.63, 3.8) is 0 Å². The summed E-state index contributed by atoms with van der Waals surface area (Å²) in [7, 11) is -3.03. The average Bonchev–Trinajstić information content (AvgIpc) is 1.85. The van der Waals surface area contributed by atoms with Crippen LogP contribution in [-0.4, -0.2) is 31.5 Å². The number of aliphatic carboxylic acids is 1. The van der Waals surface area contributed by atoms with Gasteiger partial charge in [0.2, 0.25) is 0 Å². The van der Waals surface area contributed by atoms with Crippen LogP contribution in [0.2, 0.25) is 0 Å². The van der Waals surface area contributed by atoms with Crippen LogP contribution < -0.4 is 0 Å². The molecule has 0 bridgehead atoms. The molecule has 0 amide bonds. The van der Waals surface area contributed by atoms with E-state index < -0.39 is 21.7 Å². The van der Waals surface area contributed by atoms with E-state index in [4.69, 9.17) is 5.11 Å². The Hall–Kier alpha value is -0.580. The van der Waals surface area contributed by atoms with Crippen LogP contribution in [0.1, 0.15) is 19.8 Å². The highest BCUT2D eigenvalue weighted by Crippen LogP contribution is 2.09. The minimum absolute atomic E-state index is 0.0438. The molecule has 12 heavy (non-hydrogen) atoms. The Bertz CT molecular complexity index is 242. The molecule has 0 heterocycles. The van der Waals surface area contributed by atoms with Crippen LogP contribution in [-0.2, 0) is 14.6 Å². The standard InChI is InChI=1S/C7H14O4S/c1-3-6(7(8)9)4-5-12(2,10)11/h6H,3-5H2,1-2H3,(H,8,9). The first kappa shape index (κ1) is 11.4. The van der Waals surface area contributed by atoms with Gasteiger partial charge >= 0.3 is 5.97 Å². The normalized spacial score (nSPS) is 14.2. The van der Waals surface area contributed by atoms with E-state index in [1.165, 1.54) is 0 Å². The zero-order valence-electron chi connectivity index (χ0n) is 7.28. The molecule has 0 saturated carbocycles. The maximum Gasteiger partial charge on any atom is 0.306 e. The molecule has 72 valence electrons. The molecular formula is C7H14O4S. The molecule has 0 aliphatic rings. The van der Waals surface area contributed by atoms with Gasteiger partial charge in [0, 0.05) is 6.26 Å². The summed E-state index contributed by atoms with van der Waals surface area (Å²) in [4.78, 5) is 10.5. The summed E-state index contributed by atoms with van der Waals surface area (Å²) in [6.07, 6.45) is 1.80. The van der Waals surface area contributed by atoms with E-state index in [2.05, 4.69) is 0 Å². The molecule has 0 aliphatic carbocycles. The minimum Gasteiger partial charge on any atom is -0.481 e. The third kappa shape index (κ3) is 5.12. The van der Waals surface area contributed by atoms with Gasteiger partial charge in [0.1, 0.15) is 9.84 Å². The Morgan fingerprint density at radius 2 is 2.00 bits per heavy atom. The summed E-state index contributed by atoms with van der Waals surface area (Å²) >= 11 is 0. The molecule has 0 spiro atoms. The van der Waals surface area contributed by atoms with Crippen LogP contribution in [0, 0.1) is 5.92 Å². The van der Waals surface area contributed by atoms with Crippen LogP contribution in [0.25, 0.3) is 0 Å². The average molecular weight is 194 g/mol. The largest absolute Gasteiger partial charge is 0.481 e. The molecule has 1 atom stereocenters. The van der Waals surface area contributed by atoms with E-state index >= 15 is 0 Å². The van der Waals surface area contributed by atoms with Crippen LogP contribution in [0.4, 0.5) is 0 Å². The number of carboxylic acid groups (broad SMARTS) is 1. The Morgan fingerprint density at radius 3 is 2.25 bits per heavy atom. The van der Waals surface area contributed by atoms with Gasteiger partial charge in [-0.15, -0.1) is 0 Å². The smallest absolute Gasteiger partial charge is 0.306 e. The topological polar surface area (TPSA) is 71.4 Å². The number of sulfone groups is 1. The van der Waals surface area contributed by atoms with Crippen LogP contribution in [0.3, 0.4) is 0 Å². The third-order valence-electron chi connectivity index (χ3n) is 1.68. The summed E-state index contributed by atoms with van der Waals surface area (Å²) in [5.41, 5.74) is 0. The van der Waals surface area contributed by atoms with E-state index in [1.54, 1.807) is 6.92 Å². The Kier molecular flexibility index (Phi) is 4.23. The molecule has 0 rings (SSSR count). The van der Waals surface area contributed by atoms with Crippen molar-refractivity contribution in [1.82, 2.24) is 0 Å². The van der Waals surface area contributed by atoms with E-state index in [-0.39, 0.29) is 12.2 Å². The van der Waals surface area contributed by atoms with E-state index in [0.29, 0.717) is 6.42 Å². The van der Waals surface area contributed by atoms with Gasteiger partial charge in [-0.3, -0.25) is 4.79 Å². The number of hydrogen-bond acceptors (Lipinski definition) is 3. The summed E-state index contributed by atoms with van der Waals surface area (Å²) in [6.45, 7) is 1.74. The highest BCUT2D eigenvalue weighted by molar-refractivity contribution is 7.90. The van der Waals surface area contributed by atoms with Crippen molar-refractivity contribution in [3.05, 3.63) is 0 Å². The fourth-order valence-electron chi connectivity index (χ4n) is 0.859. The number of carboxylic acids is 1. The summed E-state index contributed by atoms with van der Waals surface area (Å²) in [5, 5.41) is 8.58. The van der Waals surface area contributed by atoms with Gasteiger partial charge in [0.05, 0.1) is 11.7 Å². The zero-order chi connectivity index (χ0) is 9.78. The second kappa shape index (κ2) is 4.45. The van der Waals surface area contributed by atoms with E-state index in [9.17, 15) is 13.2 Å². The van der Waals surface area contributed by atoms with Gasteiger partial charge in [0.15, 0.2) is 0 Å². The molecule has 0 radical (unpaired) electrons. The van der Waals surface area contributed by atoms with Crippen LogP contribution in [0.15, 0.2) is 0 Å². The summed E-state index contributed by atoms with van der Waals surface area (Å²) in [5.74, 6) is -1.49. The van der Waals surface area contributed by atoms with Gasteiger partial charge in [0.25, 0.3) is 0 Å². The quantitative estimate of drug-likeness (QED) is 0.693. The van der Waals surface area contributed by atoms with Gasteiger partial charge in [-0.25, -0.2) is 8.42 Å². The maximum absolute atomic E-state index is 10.7. The van der Waals surface area contributed by atoms with Gasteiger partial charge in [-0.1, -0.05) is 6.92 Å². The second-order valence-corrected chi connectivity index (χ2v) is 5.12. The maximum atomic E-state index is 10.7. The monoisotopic (exact) mass is 194 g/mol. The fourth-order valence-corrected chi connectivity index (χ4v) is 1.57. The molecule has 0 aromatic rings. The molecule has 1 N–H and O–H groups in total. The van der Waals surface area contributed by atoms with Gasteiger partial charge in [-0.2, -0.15) is 0 Å². The lowest BCUT2D eigenvalue weighted by Crippen LogP contribution is -2.17. The fraction of sp³-hybridized carbons (Fsp3) is 0.857. The molecule has 0 saturated heterocycles. The number of hydrogen-bond donors (Lipinski definition) is 1. The molecule has 4 nitrogen and oxygen atoms in total. The number of carbonyl (C=O) groups is 1. The van der Waals surface area contributed by atoms with Crippen molar-refractivity contribution in [2.45, 2.75) is 19.8 Å². The van der Waals surface area contributed by atoms with Crippen LogP contribution in [0.5, 0.6) is 0 Å². The third-order valence-corrected chi connectivity index (χ3v) is 2.66. The molecule has 0 aromatic heterocycles. The SMILES string of the molecule is CCC(CCS(C)(=O)=O)C(=O)O. The Labute approximate surface area is 72.5 Å².